The van der Waals surface area contributed by atoms with E-state index in [9.17, 15) is 0 Å². The molecule has 6 nitrogen and oxygen atoms in total. The van der Waals surface area contributed by atoms with Gasteiger partial charge in [-0.2, -0.15) is 15.0 Å². The van der Waals surface area contributed by atoms with Gasteiger partial charge in [-0.05, 0) is 49.7 Å². The van der Waals surface area contributed by atoms with Crippen LogP contribution in [0.1, 0.15) is 13.8 Å². The van der Waals surface area contributed by atoms with Crippen LogP contribution in [0.3, 0.4) is 0 Å². The number of aromatic nitrogens is 3. The maximum absolute atomic E-state index is 5.82. The van der Waals surface area contributed by atoms with Gasteiger partial charge in [0.1, 0.15) is 5.75 Å². The first-order valence-corrected chi connectivity index (χ1v) is 6.63. The molecule has 0 saturated carbocycles. The number of nitrogens with zero attached hydrogens (tertiary/aromatic N) is 3. The van der Waals surface area contributed by atoms with Gasteiger partial charge >= 0.3 is 6.01 Å². The van der Waals surface area contributed by atoms with Crippen LogP contribution < -0.4 is 14.8 Å². The van der Waals surface area contributed by atoms with Crippen LogP contribution in [0.15, 0.2) is 24.3 Å². The largest absolute Gasteiger partial charge is 0.494 e. The summed E-state index contributed by atoms with van der Waals surface area (Å²) in [6.45, 7) is 4.88. The lowest BCUT2D eigenvalue weighted by Crippen LogP contribution is -2.03. The Morgan fingerprint density at radius 3 is 2.35 bits per heavy atom. The van der Waals surface area contributed by atoms with Gasteiger partial charge in [-0.1, -0.05) is 0 Å². The SMILES string of the molecule is CCOc1ccc(Nc2nc(Cl)nc(OCC)n2)cc1. The molecule has 2 rings (SSSR count). The predicted octanol–water partition coefficient (Wildman–Crippen LogP) is 3.07. The minimum atomic E-state index is 0.0805. The van der Waals surface area contributed by atoms with Crippen molar-refractivity contribution in [3.05, 3.63) is 29.5 Å². The topological polar surface area (TPSA) is 69.2 Å². The Labute approximate surface area is 122 Å². The van der Waals surface area contributed by atoms with E-state index in [2.05, 4.69) is 20.3 Å². The lowest BCUT2D eigenvalue weighted by molar-refractivity contribution is 0.312. The van der Waals surface area contributed by atoms with Gasteiger partial charge in [-0.15, -0.1) is 0 Å². The fraction of sp³-hybridized carbons (Fsp3) is 0.308. The zero-order chi connectivity index (χ0) is 14.4. The average Bonchev–Trinajstić information content (AvgIpc) is 2.41. The predicted molar refractivity (Wildman–Crippen MR) is 76.9 cm³/mol. The van der Waals surface area contributed by atoms with E-state index in [1.54, 1.807) is 0 Å². The van der Waals surface area contributed by atoms with Gasteiger partial charge in [0.25, 0.3) is 0 Å². The fourth-order valence-corrected chi connectivity index (χ4v) is 1.66. The highest BCUT2D eigenvalue weighted by molar-refractivity contribution is 6.28. The molecule has 20 heavy (non-hydrogen) atoms. The van der Waals surface area contributed by atoms with Gasteiger partial charge in [0.2, 0.25) is 11.2 Å². The number of hydrogen-bond donors (Lipinski definition) is 1. The Morgan fingerprint density at radius 1 is 1.00 bits per heavy atom. The minimum absolute atomic E-state index is 0.0805. The van der Waals surface area contributed by atoms with Crippen LogP contribution in [0.4, 0.5) is 11.6 Å². The number of anilines is 2. The second-order valence-corrected chi connectivity index (χ2v) is 4.06. The van der Waals surface area contributed by atoms with Crippen molar-refractivity contribution in [1.29, 1.82) is 0 Å². The minimum Gasteiger partial charge on any atom is -0.494 e. The summed E-state index contributed by atoms with van der Waals surface area (Å²) in [5.41, 5.74) is 0.818. The molecule has 0 bridgehead atoms. The molecule has 0 saturated heterocycles. The second-order valence-electron chi connectivity index (χ2n) is 3.73. The van der Waals surface area contributed by atoms with Crippen molar-refractivity contribution >= 4 is 23.2 Å². The zero-order valence-electron chi connectivity index (χ0n) is 11.3. The van der Waals surface area contributed by atoms with Crippen LogP contribution in [-0.4, -0.2) is 28.2 Å². The van der Waals surface area contributed by atoms with Crippen LogP contribution >= 0.6 is 11.6 Å². The molecule has 0 unspecified atom stereocenters. The van der Waals surface area contributed by atoms with Gasteiger partial charge in [-0.25, -0.2) is 0 Å². The number of ether oxygens (including phenoxy) is 2. The van der Waals surface area contributed by atoms with Gasteiger partial charge in [0.15, 0.2) is 0 Å². The Kier molecular flexibility index (Phi) is 4.95. The standard InChI is InChI=1S/C13H15ClN4O2/c1-3-19-10-7-5-9(6-8-10)15-12-16-11(14)17-13(18-12)20-4-2/h5-8H,3-4H2,1-2H3,(H,15,16,17,18). The number of benzene rings is 1. The lowest BCUT2D eigenvalue weighted by Gasteiger charge is -2.08. The molecule has 0 aliphatic heterocycles. The van der Waals surface area contributed by atoms with Crippen molar-refractivity contribution in [3.8, 4) is 11.8 Å². The van der Waals surface area contributed by atoms with Crippen LogP contribution in [0, 0.1) is 0 Å². The molecule has 0 amide bonds. The molecule has 0 aliphatic carbocycles. The van der Waals surface area contributed by atoms with Gasteiger partial charge < -0.3 is 14.8 Å². The zero-order valence-corrected chi connectivity index (χ0v) is 12.0. The fourth-order valence-electron chi connectivity index (χ4n) is 1.51. The van der Waals surface area contributed by atoms with Gasteiger partial charge in [0, 0.05) is 5.69 Å². The highest BCUT2D eigenvalue weighted by Crippen LogP contribution is 2.19. The summed E-state index contributed by atoms with van der Waals surface area (Å²) in [5, 5.41) is 3.11. The Bertz CT molecular complexity index is 563. The van der Waals surface area contributed by atoms with Gasteiger partial charge in [-0.3, -0.25) is 0 Å². The molecule has 0 atom stereocenters. The number of rotatable bonds is 6. The van der Waals surface area contributed by atoms with Gasteiger partial charge in [0.05, 0.1) is 13.2 Å². The molecule has 106 valence electrons. The quantitative estimate of drug-likeness (QED) is 0.883. The second kappa shape index (κ2) is 6.91. The van der Waals surface area contributed by atoms with Crippen LogP contribution in [0.2, 0.25) is 5.28 Å². The summed E-state index contributed by atoms with van der Waals surface area (Å²) >= 11 is 5.82. The highest BCUT2D eigenvalue weighted by atomic mass is 35.5. The van der Waals surface area contributed by atoms with E-state index in [-0.39, 0.29) is 11.3 Å². The third kappa shape index (κ3) is 3.96. The average molecular weight is 295 g/mol. The molecule has 0 aliphatic rings. The molecule has 1 heterocycles. The molecular weight excluding hydrogens is 280 g/mol. The molecule has 1 aromatic heterocycles. The highest BCUT2D eigenvalue weighted by Gasteiger charge is 2.06. The van der Waals surface area contributed by atoms with Crippen molar-refractivity contribution in [2.24, 2.45) is 0 Å². The van der Waals surface area contributed by atoms with Crippen molar-refractivity contribution in [1.82, 2.24) is 15.0 Å². The molecule has 1 N–H and O–H groups in total. The smallest absolute Gasteiger partial charge is 0.322 e. The molecule has 0 radical (unpaired) electrons. The van der Waals surface area contributed by atoms with E-state index in [4.69, 9.17) is 21.1 Å². The number of hydrogen-bond acceptors (Lipinski definition) is 6. The van der Waals surface area contributed by atoms with Crippen molar-refractivity contribution in [3.63, 3.8) is 0 Å². The van der Waals surface area contributed by atoms with E-state index in [0.717, 1.165) is 11.4 Å². The Balaban J connectivity index is 2.12. The lowest BCUT2D eigenvalue weighted by atomic mass is 10.3. The van der Waals surface area contributed by atoms with Crippen LogP contribution in [0.25, 0.3) is 0 Å². The third-order valence-electron chi connectivity index (χ3n) is 2.28. The molecule has 0 spiro atoms. The van der Waals surface area contributed by atoms with E-state index in [0.29, 0.717) is 19.2 Å². The molecule has 7 heteroatoms. The van der Waals surface area contributed by atoms with Crippen molar-refractivity contribution < 1.29 is 9.47 Å². The number of halogens is 1. The van der Waals surface area contributed by atoms with Crippen molar-refractivity contribution in [2.45, 2.75) is 13.8 Å². The monoisotopic (exact) mass is 294 g/mol. The Hall–Kier alpha value is -2.08. The molecule has 2 aromatic rings. The maximum Gasteiger partial charge on any atom is 0.322 e. The Morgan fingerprint density at radius 2 is 1.70 bits per heavy atom. The normalized spacial score (nSPS) is 10.2. The van der Waals surface area contributed by atoms with Crippen LogP contribution in [0.5, 0.6) is 11.8 Å². The maximum atomic E-state index is 5.82. The molecule has 0 fully saturated rings. The first-order chi connectivity index (χ1) is 9.71. The summed E-state index contributed by atoms with van der Waals surface area (Å²) in [6.07, 6.45) is 0. The summed E-state index contributed by atoms with van der Waals surface area (Å²) in [6, 6.07) is 7.64. The van der Waals surface area contributed by atoms with E-state index >= 15 is 0 Å². The van der Waals surface area contributed by atoms with Crippen molar-refractivity contribution in [2.75, 3.05) is 18.5 Å². The summed E-state index contributed by atoms with van der Waals surface area (Å²) in [4.78, 5) is 12.0. The van der Waals surface area contributed by atoms with E-state index in [1.807, 2.05) is 38.1 Å². The molecular formula is C13H15ClN4O2. The summed E-state index contributed by atoms with van der Waals surface area (Å²) < 4.78 is 10.6. The summed E-state index contributed by atoms with van der Waals surface area (Å²) in [5.74, 6) is 1.14. The number of nitrogens with one attached hydrogen (secondary N) is 1. The first-order valence-electron chi connectivity index (χ1n) is 6.25. The van der Waals surface area contributed by atoms with Crippen LogP contribution in [-0.2, 0) is 0 Å². The molecule has 1 aromatic carbocycles. The third-order valence-corrected chi connectivity index (χ3v) is 2.45. The van der Waals surface area contributed by atoms with E-state index < -0.39 is 0 Å². The first kappa shape index (κ1) is 14.3. The summed E-state index contributed by atoms with van der Waals surface area (Å²) in [7, 11) is 0. The van der Waals surface area contributed by atoms with E-state index in [1.165, 1.54) is 0 Å².